The average molecular weight is 338 g/mol. The molecule has 1 fully saturated rings. The fourth-order valence-corrected chi connectivity index (χ4v) is 3.17. The van der Waals surface area contributed by atoms with Crippen LogP contribution in [-0.4, -0.2) is 17.1 Å². The number of amides is 1. The summed E-state index contributed by atoms with van der Waals surface area (Å²) in [6.07, 6.45) is 2.59. The van der Waals surface area contributed by atoms with E-state index in [4.69, 9.17) is 0 Å². The van der Waals surface area contributed by atoms with Gasteiger partial charge in [-0.1, -0.05) is 6.07 Å². The van der Waals surface area contributed by atoms with Crippen molar-refractivity contribution in [3.63, 3.8) is 0 Å². The van der Waals surface area contributed by atoms with Crippen molar-refractivity contribution in [2.24, 2.45) is 0 Å². The zero-order valence-corrected chi connectivity index (χ0v) is 13.0. The number of thiazole rings is 1. The van der Waals surface area contributed by atoms with Crippen molar-refractivity contribution in [2.45, 2.75) is 31.5 Å². The highest BCUT2D eigenvalue weighted by Gasteiger charge is 2.29. The fourth-order valence-electron chi connectivity index (χ4n) is 2.55. The van der Waals surface area contributed by atoms with Crippen LogP contribution >= 0.6 is 11.3 Å². The Morgan fingerprint density at radius 3 is 2.83 bits per heavy atom. The van der Waals surface area contributed by atoms with Gasteiger partial charge >= 0.3 is 0 Å². The molecule has 1 aliphatic rings. The molecule has 0 aliphatic carbocycles. The van der Waals surface area contributed by atoms with Gasteiger partial charge in [0.15, 0.2) is 0 Å². The molecule has 1 saturated heterocycles. The number of hydrogen-bond acceptors (Lipinski definition) is 5. The second-order valence-electron chi connectivity index (χ2n) is 5.26. The van der Waals surface area contributed by atoms with Crippen LogP contribution in [-0.2, 0) is 11.2 Å². The van der Waals surface area contributed by atoms with Crippen LogP contribution in [0.1, 0.15) is 29.5 Å². The topological polar surface area (TPSA) is 66.0 Å². The van der Waals surface area contributed by atoms with Crippen molar-refractivity contribution in [1.29, 1.82) is 0 Å². The van der Waals surface area contributed by atoms with E-state index in [2.05, 4.69) is 21.2 Å². The first-order valence-corrected chi connectivity index (χ1v) is 8.14. The van der Waals surface area contributed by atoms with Crippen LogP contribution in [0.5, 0.6) is 0 Å². The smallest absolute Gasteiger partial charge is 0.221 e. The predicted molar refractivity (Wildman–Crippen MR) is 82.4 cm³/mol. The molecule has 8 heteroatoms. The quantitative estimate of drug-likeness (QED) is 0.781. The molecule has 0 radical (unpaired) electrons. The molecule has 0 bridgehead atoms. The largest absolute Gasteiger partial charge is 0.339 e. The van der Waals surface area contributed by atoms with E-state index in [0.717, 1.165) is 5.01 Å². The molecule has 3 rings (SSSR count). The third kappa shape index (κ3) is 3.90. The van der Waals surface area contributed by atoms with Crippen LogP contribution in [0.2, 0.25) is 0 Å². The van der Waals surface area contributed by atoms with E-state index in [1.165, 1.54) is 29.5 Å². The van der Waals surface area contributed by atoms with E-state index in [0.29, 0.717) is 19.3 Å². The maximum absolute atomic E-state index is 13.8. The summed E-state index contributed by atoms with van der Waals surface area (Å²) < 4.78 is 27.5. The first kappa shape index (κ1) is 16.0. The molecular formula is C15H16F2N4OS. The van der Waals surface area contributed by atoms with Gasteiger partial charge in [0.25, 0.3) is 0 Å². The van der Waals surface area contributed by atoms with Gasteiger partial charge in [0, 0.05) is 36.4 Å². The molecule has 1 amide bonds. The molecule has 2 atom stereocenters. The standard InChI is InChI=1S/C15H16F2N4OS/c16-9-2-1-3-10(17)15(9)11-8-12(21-20-11)19-13(22)4-5-14-18-6-7-23-14/h1-3,6-7,11-12,20-21H,4-5,8H2,(H,19,22). The van der Waals surface area contributed by atoms with E-state index in [9.17, 15) is 13.6 Å². The number of aryl methyl sites for hydroxylation is 1. The minimum atomic E-state index is -0.597. The van der Waals surface area contributed by atoms with Gasteiger partial charge in [-0.15, -0.1) is 11.3 Å². The first-order chi connectivity index (χ1) is 11.1. The van der Waals surface area contributed by atoms with Crippen molar-refractivity contribution in [3.05, 3.63) is 52.0 Å². The van der Waals surface area contributed by atoms with Gasteiger partial charge in [0.1, 0.15) is 11.6 Å². The number of carbonyl (C=O) groups is 1. The third-order valence-corrected chi connectivity index (χ3v) is 4.48. The highest BCUT2D eigenvalue weighted by molar-refractivity contribution is 7.09. The first-order valence-electron chi connectivity index (χ1n) is 7.26. The van der Waals surface area contributed by atoms with Gasteiger partial charge in [-0.25, -0.2) is 24.6 Å². The lowest BCUT2D eigenvalue weighted by Gasteiger charge is -2.12. The molecular weight excluding hydrogens is 322 g/mol. The SMILES string of the molecule is O=C(CCc1nccs1)NC1CC(c2c(F)cccc2F)NN1. The van der Waals surface area contributed by atoms with Crippen LogP contribution in [0.3, 0.4) is 0 Å². The van der Waals surface area contributed by atoms with Crippen molar-refractivity contribution >= 4 is 17.2 Å². The van der Waals surface area contributed by atoms with Crippen LogP contribution in [0.15, 0.2) is 29.8 Å². The Labute approximate surface area is 136 Å². The maximum Gasteiger partial charge on any atom is 0.221 e. The molecule has 2 unspecified atom stereocenters. The predicted octanol–water partition coefficient (Wildman–Crippen LogP) is 2.04. The summed E-state index contributed by atoms with van der Waals surface area (Å²) in [4.78, 5) is 16.0. The number of nitrogens with one attached hydrogen (secondary N) is 3. The molecule has 2 heterocycles. The van der Waals surface area contributed by atoms with Gasteiger partial charge in [-0.3, -0.25) is 4.79 Å². The summed E-state index contributed by atoms with van der Waals surface area (Å²) in [5, 5.41) is 5.57. The van der Waals surface area contributed by atoms with E-state index >= 15 is 0 Å². The zero-order valence-electron chi connectivity index (χ0n) is 12.2. The summed E-state index contributed by atoms with van der Waals surface area (Å²) in [5.74, 6) is -1.32. The van der Waals surface area contributed by atoms with Gasteiger partial charge < -0.3 is 5.32 Å². The number of halogens is 2. The summed E-state index contributed by atoms with van der Waals surface area (Å²) in [5.41, 5.74) is 5.67. The van der Waals surface area contributed by atoms with E-state index in [-0.39, 0.29) is 17.6 Å². The van der Waals surface area contributed by atoms with Crippen molar-refractivity contribution in [3.8, 4) is 0 Å². The Kier molecular flexibility index (Phi) is 4.94. The van der Waals surface area contributed by atoms with Crippen molar-refractivity contribution in [2.75, 3.05) is 0 Å². The van der Waals surface area contributed by atoms with Crippen molar-refractivity contribution < 1.29 is 13.6 Å². The van der Waals surface area contributed by atoms with E-state index in [1.54, 1.807) is 6.20 Å². The Morgan fingerprint density at radius 2 is 2.13 bits per heavy atom. The second-order valence-corrected chi connectivity index (χ2v) is 6.24. The number of hydrazine groups is 1. The van der Waals surface area contributed by atoms with Gasteiger partial charge in [0.05, 0.1) is 17.2 Å². The lowest BCUT2D eigenvalue weighted by atomic mass is 10.0. The zero-order chi connectivity index (χ0) is 16.2. The van der Waals surface area contributed by atoms with E-state index < -0.39 is 17.7 Å². The summed E-state index contributed by atoms with van der Waals surface area (Å²) in [6.45, 7) is 0. The van der Waals surface area contributed by atoms with Crippen LogP contribution in [0.4, 0.5) is 8.78 Å². The normalized spacial score (nSPS) is 20.6. The molecule has 1 aromatic heterocycles. The third-order valence-electron chi connectivity index (χ3n) is 3.64. The van der Waals surface area contributed by atoms with Crippen molar-refractivity contribution in [1.82, 2.24) is 21.2 Å². The lowest BCUT2D eigenvalue weighted by Crippen LogP contribution is -2.44. The van der Waals surface area contributed by atoms with E-state index in [1.807, 2.05) is 5.38 Å². The summed E-state index contributed by atoms with van der Waals surface area (Å²) in [7, 11) is 0. The van der Waals surface area contributed by atoms with Gasteiger partial charge in [-0.05, 0) is 12.1 Å². The molecule has 5 nitrogen and oxygen atoms in total. The van der Waals surface area contributed by atoms with Gasteiger partial charge in [0.2, 0.25) is 5.91 Å². The Bertz CT molecular complexity index is 660. The molecule has 23 heavy (non-hydrogen) atoms. The van der Waals surface area contributed by atoms with Crippen LogP contribution in [0, 0.1) is 11.6 Å². The monoisotopic (exact) mass is 338 g/mol. The molecule has 1 aromatic carbocycles. The molecule has 3 N–H and O–H groups in total. The second kappa shape index (κ2) is 7.12. The fraction of sp³-hybridized carbons (Fsp3) is 0.333. The molecule has 0 spiro atoms. The number of benzene rings is 1. The summed E-state index contributed by atoms with van der Waals surface area (Å²) in [6, 6.07) is 3.24. The van der Waals surface area contributed by atoms with Crippen LogP contribution in [0.25, 0.3) is 0 Å². The Balaban J connectivity index is 1.52. The van der Waals surface area contributed by atoms with Crippen LogP contribution < -0.4 is 16.2 Å². The number of carbonyl (C=O) groups excluding carboxylic acids is 1. The lowest BCUT2D eigenvalue weighted by molar-refractivity contribution is -0.121. The number of nitrogens with zero attached hydrogens (tertiary/aromatic N) is 1. The Hall–Kier alpha value is -1.90. The molecule has 1 aliphatic heterocycles. The Morgan fingerprint density at radius 1 is 1.35 bits per heavy atom. The average Bonchev–Trinajstić information content (AvgIpc) is 3.17. The number of aromatic nitrogens is 1. The highest BCUT2D eigenvalue weighted by atomic mass is 32.1. The van der Waals surface area contributed by atoms with Gasteiger partial charge in [-0.2, -0.15) is 0 Å². The number of rotatable bonds is 5. The number of hydrogen-bond donors (Lipinski definition) is 3. The minimum absolute atomic E-state index is 0.0143. The maximum atomic E-state index is 13.8. The molecule has 2 aromatic rings. The molecule has 0 saturated carbocycles. The minimum Gasteiger partial charge on any atom is -0.339 e. The summed E-state index contributed by atoms with van der Waals surface area (Å²) >= 11 is 1.51. The molecule has 122 valence electrons. The highest BCUT2D eigenvalue weighted by Crippen LogP contribution is 2.26.